The minimum Gasteiger partial charge on any atom is -0.454 e. The first-order chi connectivity index (χ1) is 8.97. The van der Waals surface area contributed by atoms with Crippen LogP contribution in [-0.2, 0) is 0 Å². The summed E-state index contributed by atoms with van der Waals surface area (Å²) in [5.41, 5.74) is 6.18. The third-order valence-corrected chi connectivity index (χ3v) is 3.53. The first-order valence-corrected chi connectivity index (χ1v) is 7.19. The maximum atomic E-state index is 13.7. The Bertz CT molecular complexity index is 649. The van der Waals surface area contributed by atoms with Gasteiger partial charge in [0, 0.05) is 8.95 Å². The van der Waals surface area contributed by atoms with Gasteiger partial charge < -0.3 is 10.5 Å². The maximum Gasteiger partial charge on any atom is 0.166 e. The molecule has 0 aliphatic carbocycles. The Hall–Kier alpha value is -0.980. The molecule has 0 amide bonds. The molecule has 6 heteroatoms. The summed E-state index contributed by atoms with van der Waals surface area (Å²) < 4.78 is 20.7. The fourth-order valence-electron chi connectivity index (χ4n) is 1.46. The molecule has 2 aromatic carbocycles. The summed E-state index contributed by atoms with van der Waals surface area (Å²) in [6.45, 7) is 0. The Labute approximate surface area is 132 Å². The molecule has 0 atom stereocenters. The van der Waals surface area contributed by atoms with Crippen LogP contribution in [0, 0.1) is 5.82 Å². The van der Waals surface area contributed by atoms with E-state index in [1.54, 1.807) is 24.3 Å². The largest absolute Gasteiger partial charge is 0.454 e. The monoisotopic (exact) mass is 403 g/mol. The van der Waals surface area contributed by atoms with Crippen LogP contribution in [0.1, 0.15) is 5.56 Å². The molecular formula is C13H8Br2FNOS. The molecule has 0 spiro atoms. The summed E-state index contributed by atoms with van der Waals surface area (Å²) in [7, 11) is 0. The van der Waals surface area contributed by atoms with E-state index in [1.807, 2.05) is 0 Å². The second kappa shape index (κ2) is 5.98. The molecule has 19 heavy (non-hydrogen) atoms. The molecule has 2 nitrogen and oxygen atoms in total. The van der Waals surface area contributed by atoms with Crippen molar-refractivity contribution in [1.29, 1.82) is 0 Å². The molecule has 2 rings (SSSR count). The van der Waals surface area contributed by atoms with Crippen molar-refractivity contribution in [3.05, 3.63) is 56.7 Å². The lowest BCUT2D eigenvalue weighted by molar-refractivity contribution is 0.441. The van der Waals surface area contributed by atoms with Gasteiger partial charge in [-0.2, -0.15) is 0 Å². The van der Waals surface area contributed by atoms with E-state index < -0.39 is 5.82 Å². The summed E-state index contributed by atoms with van der Waals surface area (Å²) in [5.74, 6) is 0.0612. The van der Waals surface area contributed by atoms with Gasteiger partial charge in [-0.3, -0.25) is 0 Å². The smallest absolute Gasteiger partial charge is 0.166 e. The minimum atomic E-state index is -0.466. The van der Waals surface area contributed by atoms with E-state index in [0.717, 1.165) is 4.47 Å². The van der Waals surface area contributed by atoms with Crippen molar-refractivity contribution in [1.82, 2.24) is 0 Å². The van der Waals surface area contributed by atoms with Gasteiger partial charge in [0.1, 0.15) is 10.7 Å². The summed E-state index contributed by atoms with van der Waals surface area (Å²) in [6.07, 6.45) is 0. The number of benzene rings is 2. The van der Waals surface area contributed by atoms with E-state index in [9.17, 15) is 4.39 Å². The van der Waals surface area contributed by atoms with E-state index in [4.69, 9.17) is 22.7 Å². The van der Waals surface area contributed by atoms with Crippen molar-refractivity contribution in [2.45, 2.75) is 0 Å². The minimum absolute atomic E-state index is 0.114. The number of halogens is 3. The van der Waals surface area contributed by atoms with Crippen LogP contribution in [0.5, 0.6) is 11.5 Å². The molecule has 2 N–H and O–H groups in total. The summed E-state index contributed by atoms with van der Waals surface area (Å²) >= 11 is 11.5. The van der Waals surface area contributed by atoms with Gasteiger partial charge in [0.25, 0.3) is 0 Å². The van der Waals surface area contributed by atoms with Crippen molar-refractivity contribution in [3.63, 3.8) is 0 Å². The molecule has 0 aromatic heterocycles. The highest BCUT2D eigenvalue weighted by atomic mass is 79.9. The van der Waals surface area contributed by atoms with Crippen molar-refractivity contribution in [3.8, 4) is 11.5 Å². The first-order valence-electron chi connectivity index (χ1n) is 5.19. The molecule has 0 saturated heterocycles. The summed E-state index contributed by atoms with van der Waals surface area (Å²) in [6, 6.07) is 9.74. The van der Waals surface area contributed by atoms with E-state index in [-0.39, 0.29) is 10.7 Å². The molecule has 0 radical (unpaired) electrons. The van der Waals surface area contributed by atoms with Crippen LogP contribution in [-0.4, -0.2) is 4.99 Å². The van der Waals surface area contributed by atoms with Crippen molar-refractivity contribution < 1.29 is 9.13 Å². The molecule has 0 aliphatic rings. The molecule has 0 bridgehead atoms. The lowest BCUT2D eigenvalue weighted by Crippen LogP contribution is -2.10. The molecule has 2 aromatic rings. The fraction of sp³-hybridized carbons (Fsp3) is 0. The third kappa shape index (κ3) is 3.52. The Kier molecular flexibility index (Phi) is 4.54. The van der Waals surface area contributed by atoms with Gasteiger partial charge >= 0.3 is 0 Å². The standard InChI is InChI=1S/C13H8Br2FNOS/c14-7-1-3-11(9(5-7)13(17)19)18-12-4-2-8(15)6-10(12)16/h1-6H,(H2,17,19). The van der Waals surface area contributed by atoms with Gasteiger partial charge in [-0.05, 0) is 36.4 Å². The summed E-state index contributed by atoms with van der Waals surface area (Å²) in [4.78, 5) is 0.189. The molecule has 0 aliphatic heterocycles. The van der Waals surface area contributed by atoms with Gasteiger partial charge in [0.15, 0.2) is 11.6 Å². The zero-order valence-electron chi connectivity index (χ0n) is 9.49. The highest BCUT2D eigenvalue weighted by Crippen LogP contribution is 2.30. The normalized spacial score (nSPS) is 10.3. The highest BCUT2D eigenvalue weighted by Gasteiger charge is 2.11. The lowest BCUT2D eigenvalue weighted by Gasteiger charge is -2.11. The Morgan fingerprint density at radius 2 is 1.63 bits per heavy atom. The van der Waals surface area contributed by atoms with E-state index in [0.29, 0.717) is 15.8 Å². The van der Waals surface area contributed by atoms with Crippen molar-refractivity contribution >= 4 is 49.1 Å². The van der Waals surface area contributed by atoms with Gasteiger partial charge in [0.05, 0.1) is 5.56 Å². The predicted molar refractivity (Wildman–Crippen MR) is 84.2 cm³/mol. The Morgan fingerprint density at radius 3 is 2.21 bits per heavy atom. The van der Waals surface area contributed by atoms with E-state index >= 15 is 0 Å². The van der Waals surface area contributed by atoms with E-state index in [2.05, 4.69) is 31.9 Å². The molecule has 0 heterocycles. The SMILES string of the molecule is NC(=S)c1cc(Br)ccc1Oc1ccc(Br)cc1F. The maximum absolute atomic E-state index is 13.7. The van der Waals surface area contributed by atoms with Gasteiger partial charge in [-0.15, -0.1) is 0 Å². The molecule has 98 valence electrons. The average Bonchev–Trinajstić information content (AvgIpc) is 2.34. The second-order valence-electron chi connectivity index (χ2n) is 3.68. The number of hydrogen-bond acceptors (Lipinski definition) is 2. The van der Waals surface area contributed by atoms with Crippen LogP contribution in [0.25, 0.3) is 0 Å². The van der Waals surface area contributed by atoms with Crippen LogP contribution >= 0.6 is 44.1 Å². The zero-order valence-corrected chi connectivity index (χ0v) is 13.5. The zero-order chi connectivity index (χ0) is 14.0. The quantitative estimate of drug-likeness (QED) is 0.747. The van der Waals surface area contributed by atoms with Crippen LogP contribution in [0.15, 0.2) is 45.3 Å². The van der Waals surface area contributed by atoms with Gasteiger partial charge in [-0.25, -0.2) is 4.39 Å². The van der Waals surface area contributed by atoms with Crippen molar-refractivity contribution in [2.24, 2.45) is 5.73 Å². The number of nitrogens with two attached hydrogens (primary N) is 1. The predicted octanol–water partition coefficient (Wildman–Crippen LogP) is 4.78. The number of thiocarbonyl (C=S) groups is 1. The molecule has 0 unspecified atom stereocenters. The van der Waals surface area contributed by atoms with Crippen LogP contribution < -0.4 is 10.5 Å². The van der Waals surface area contributed by atoms with E-state index in [1.165, 1.54) is 12.1 Å². The number of ether oxygens (including phenoxy) is 1. The first kappa shape index (κ1) is 14.4. The van der Waals surface area contributed by atoms with Crippen molar-refractivity contribution in [2.75, 3.05) is 0 Å². The molecule has 0 fully saturated rings. The van der Waals surface area contributed by atoms with Crippen LogP contribution in [0.3, 0.4) is 0 Å². The Balaban J connectivity index is 2.40. The molecule has 0 saturated carbocycles. The Morgan fingerprint density at radius 1 is 1.05 bits per heavy atom. The molecular weight excluding hydrogens is 397 g/mol. The number of hydrogen-bond donors (Lipinski definition) is 1. The second-order valence-corrected chi connectivity index (χ2v) is 5.95. The van der Waals surface area contributed by atoms with Crippen LogP contribution in [0.2, 0.25) is 0 Å². The summed E-state index contributed by atoms with van der Waals surface area (Å²) in [5, 5.41) is 0. The topological polar surface area (TPSA) is 35.2 Å². The third-order valence-electron chi connectivity index (χ3n) is 2.32. The number of rotatable bonds is 3. The fourth-order valence-corrected chi connectivity index (χ4v) is 2.31. The highest BCUT2D eigenvalue weighted by molar-refractivity contribution is 9.10. The van der Waals surface area contributed by atoms with Gasteiger partial charge in [-0.1, -0.05) is 44.1 Å². The lowest BCUT2D eigenvalue weighted by atomic mass is 10.2. The average molecular weight is 405 g/mol. The van der Waals surface area contributed by atoms with Gasteiger partial charge in [0.2, 0.25) is 0 Å². The van der Waals surface area contributed by atoms with Crippen LogP contribution in [0.4, 0.5) is 4.39 Å².